The van der Waals surface area contributed by atoms with E-state index in [1.54, 1.807) is 11.3 Å². The lowest BCUT2D eigenvalue weighted by atomic mass is 10.1. The van der Waals surface area contributed by atoms with Gasteiger partial charge < -0.3 is 0 Å². The van der Waals surface area contributed by atoms with Crippen molar-refractivity contribution in [3.05, 3.63) is 54.1 Å². The van der Waals surface area contributed by atoms with Crippen LogP contribution >= 0.6 is 66.4 Å². The Morgan fingerprint density at radius 3 is 2.47 bits per heavy atom. The lowest BCUT2D eigenvalue weighted by Gasteiger charge is -2.09. The van der Waals surface area contributed by atoms with E-state index in [2.05, 4.69) is 37.9 Å². The predicted molar refractivity (Wildman–Crippen MR) is 84.0 cm³/mol. The summed E-state index contributed by atoms with van der Waals surface area (Å²) in [6.45, 7) is 1.99. The van der Waals surface area contributed by atoms with Crippen LogP contribution in [0.25, 0.3) is 0 Å². The molecule has 17 heavy (non-hydrogen) atoms. The summed E-state index contributed by atoms with van der Waals surface area (Å²) in [4.78, 5) is 1.27. The van der Waals surface area contributed by atoms with Crippen LogP contribution in [0.15, 0.2) is 28.7 Å². The quantitative estimate of drug-likeness (QED) is 0.485. The molecule has 0 fully saturated rings. The van der Waals surface area contributed by atoms with Crippen LogP contribution in [0.4, 0.5) is 0 Å². The van der Waals surface area contributed by atoms with Crippen molar-refractivity contribution in [3.8, 4) is 0 Å². The zero-order valence-corrected chi connectivity index (χ0v) is 14.3. The molecule has 1 atom stereocenters. The lowest BCUT2D eigenvalue weighted by molar-refractivity contribution is 1.21. The van der Waals surface area contributed by atoms with E-state index in [1.165, 1.54) is 0 Å². The van der Waals surface area contributed by atoms with E-state index in [4.69, 9.17) is 23.2 Å². The molecule has 0 aliphatic rings. The van der Waals surface area contributed by atoms with E-state index in [0.717, 1.165) is 29.8 Å². The molecule has 1 aromatic heterocycles. The first-order chi connectivity index (χ1) is 7.99. The topological polar surface area (TPSA) is 0 Å². The smallest absolute Gasteiger partial charge is 0.107 e. The molecule has 0 saturated carbocycles. The second-order valence-electron chi connectivity index (χ2n) is 3.64. The standard InChI is InChI=1S/C12H8Br2Cl2S/c1-6-2-3-7(4-9(6)15)11(14)10-5-8(13)12(16)17-10/h2-5,11H,1H3. The fourth-order valence-electron chi connectivity index (χ4n) is 1.42. The summed E-state index contributed by atoms with van der Waals surface area (Å²) >= 11 is 20.8. The fraction of sp³-hybridized carbons (Fsp3) is 0.167. The molecule has 0 N–H and O–H groups in total. The van der Waals surface area contributed by atoms with Gasteiger partial charge in [0.05, 0.1) is 4.83 Å². The first-order valence-electron chi connectivity index (χ1n) is 4.84. The first-order valence-corrected chi connectivity index (χ1v) is 8.12. The molecule has 0 aliphatic heterocycles. The average molecular weight is 415 g/mol. The van der Waals surface area contributed by atoms with Gasteiger partial charge in [-0.2, -0.15) is 0 Å². The van der Waals surface area contributed by atoms with Crippen LogP contribution < -0.4 is 0 Å². The summed E-state index contributed by atoms with van der Waals surface area (Å²) in [6.07, 6.45) is 0. The second kappa shape index (κ2) is 5.62. The molecule has 90 valence electrons. The molecule has 0 bridgehead atoms. The maximum absolute atomic E-state index is 6.13. The molecular weight excluding hydrogens is 407 g/mol. The number of hydrogen-bond acceptors (Lipinski definition) is 1. The van der Waals surface area contributed by atoms with E-state index in [1.807, 2.05) is 25.1 Å². The van der Waals surface area contributed by atoms with Crippen LogP contribution in [-0.2, 0) is 0 Å². The van der Waals surface area contributed by atoms with Crippen LogP contribution in [0.3, 0.4) is 0 Å². The van der Waals surface area contributed by atoms with Crippen LogP contribution in [0.2, 0.25) is 9.36 Å². The van der Waals surface area contributed by atoms with Gasteiger partial charge in [-0.15, -0.1) is 11.3 Å². The van der Waals surface area contributed by atoms with Crippen molar-refractivity contribution in [2.75, 3.05) is 0 Å². The highest BCUT2D eigenvalue weighted by atomic mass is 79.9. The predicted octanol–water partition coefficient (Wildman–Crippen LogP) is 6.61. The SMILES string of the molecule is Cc1ccc(C(Br)c2cc(Br)c(Cl)s2)cc1Cl. The number of thiophene rings is 1. The van der Waals surface area contributed by atoms with Gasteiger partial charge in [-0.25, -0.2) is 0 Å². The van der Waals surface area contributed by atoms with Gasteiger partial charge in [-0.3, -0.25) is 0 Å². The van der Waals surface area contributed by atoms with Crippen molar-refractivity contribution in [1.82, 2.24) is 0 Å². The Kier molecular flexibility index (Phi) is 4.59. The van der Waals surface area contributed by atoms with Gasteiger partial charge >= 0.3 is 0 Å². The minimum Gasteiger partial charge on any atom is -0.126 e. The zero-order chi connectivity index (χ0) is 12.6. The number of alkyl halides is 1. The molecule has 0 nitrogen and oxygen atoms in total. The number of halogens is 4. The monoisotopic (exact) mass is 412 g/mol. The van der Waals surface area contributed by atoms with Gasteiger partial charge in [-0.05, 0) is 46.1 Å². The molecule has 0 amide bonds. The van der Waals surface area contributed by atoms with E-state index in [9.17, 15) is 0 Å². The van der Waals surface area contributed by atoms with Crippen LogP contribution in [0, 0.1) is 6.92 Å². The number of hydrogen-bond donors (Lipinski definition) is 0. The normalized spacial score (nSPS) is 12.8. The lowest BCUT2D eigenvalue weighted by Crippen LogP contribution is -1.90. The summed E-state index contributed by atoms with van der Waals surface area (Å²) in [5.74, 6) is 0. The fourth-order valence-corrected chi connectivity index (χ4v) is 4.05. The van der Waals surface area contributed by atoms with Crippen LogP contribution in [0.1, 0.15) is 20.8 Å². The Morgan fingerprint density at radius 1 is 1.24 bits per heavy atom. The molecule has 1 heterocycles. The summed E-state index contributed by atoms with van der Waals surface area (Å²) in [5.41, 5.74) is 2.21. The molecule has 1 aromatic carbocycles. The zero-order valence-electron chi connectivity index (χ0n) is 8.81. The van der Waals surface area contributed by atoms with Gasteiger partial charge in [0.2, 0.25) is 0 Å². The maximum Gasteiger partial charge on any atom is 0.107 e. The van der Waals surface area contributed by atoms with Crippen molar-refractivity contribution < 1.29 is 0 Å². The number of rotatable bonds is 2. The average Bonchev–Trinajstić information content (AvgIpc) is 2.62. The van der Waals surface area contributed by atoms with E-state index in [-0.39, 0.29) is 4.83 Å². The Morgan fingerprint density at radius 2 is 1.94 bits per heavy atom. The molecule has 0 spiro atoms. The summed E-state index contributed by atoms with van der Waals surface area (Å²) in [7, 11) is 0. The van der Waals surface area contributed by atoms with Gasteiger partial charge in [0.25, 0.3) is 0 Å². The molecule has 0 aliphatic carbocycles. The minimum absolute atomic E-state index is 0.120. The largest absolute Gasteiger partial charge is 0.126 e. The summed E-state index contributed by atoms with van der Waals surface area (Å²) in [5, 5.41) is 0.786. The molecule has 2 rings (SSSR count). The summed E-state index contributed by atoms with van der Waals surface area (Å²) < 4.78 is 1.70. The van der Waals surface area contributed by atoms with Crippen molar-refractivity contribution in [3.63, 3.8) is 0 Å². The molecule has 2 aromatic rings. The van der Waals surface area contributed by atoms with Crippen molar-refractivity contribution >= 4 is 66.4 Å². The highest BCUT2D eigenvalue weighted by Gasteiger charge is 2.15. The Balaban J connectivity index is 2.36. The number of aryl methyl sites for hydroxylation is 1. The minimum atomic E-state index is 0.120. The highest BCUT2D eigenvalue weighted by Crippen LogP contribution is 2.41. The maximum atomic E-state index is 6.13. The molecule has 5 heteroatoms. The second-order valence-corrected chi connectivity index (χ2v) is 7.50. The molecular formula is C12H8Br2Cl2S. The molecule has 1 unspecified atom stereocenters. The van der Waals surface area contributed by atoms with E-state index < -0.39 is 0 Å². The molecule has 0 saturated heterocycles. The van der Waals surface area contributed by atoms with Crippen LogP contribution in [0.5, 0.6) is 0 Å². The Bertz CT molecular complexity index is 532. The van der Waals surface area contributed by atoms with E-state index >= 15 is 0 Å². The van der Waals surface area contributed by atoms with Crippen molar-refractivity contribution in [1.29, 1.82) is 0 Å². The van der Waals surface area contributed by atoms with Gasteiger partial charge in [-0.1, -0.05) is 51.3 Å². The Hall–Kier alpha value is 0.460. The summed E-state index contributed by atoms with van der Waals surface area (Å²) in [6, 6.07) is 8.11. The van der Waals surface area contributed by atoms with Crippen molar-refractivity contribution in [2.45, 2.75) is 11.8 Å². The highest BCUT2D eigenvalue weighted by molar-refractivity contribution is 9.10. The van der Waals surface area contributed by atoms with Crippen molar-refractivity contribution in [2.24, 2.45) is 0 Å². The van der Waals surface area contributed by atoms with E-state index in [0.29, 0.717) is 0 Å². The first kappa shape index (κ1) is 13.9. The van der Waals surface area contributed by atoms with Crippen LogP contribution in [-0.4, -0.2) is 0 Å². The third-order valence-corrected chi connectivity index (χ3v) is 6.67. The number of benzene rings is 1. The van der Waals surface area contributed by atoms with Gasteiger partial charge in [0, 0.05) is 14.4 Å². The van der Waals surface area contributed by atoms with Gasteiger partial charge in [0.1, 0.15) is 4.34 Å². The Labute approximate surface area is 131 Å². The third-order valence-electron chi connectivity index (χ3n) is 2.40. The third kappa shape index (κ3) is 3.07. The molecule has 0 radical (unpaired) electrons. The van der Waals surface area contributed by atoms with Gasteiger partial charge in [0.15, 0.2) is 0 Å².